The van der Waals surface area contributed by atoms with Crippen molar-refractivity contribution in [3.8, 4) is 0 Å². The van der Waals surface area contributed by atoms with Crippen LogP contribution in [0.1, 0.15) is 63.4 Å². The van der Waals surface area contributed by atoms with E-state index >= 15 is 0 Å². The van der Waals surface area contributed by atoms with E-state index < -0.39 is 12.1 Å². The first-order chi connectivity index (χ1) is 13.6. The summed E-state index contributed by atoms with van der Waals surface area (Å²) < 4.78 is 5.49. The Bertz CT molecular complexity index is 779. The minimum Gasteiger partial charge on any atom is -0.368 e. The van der Waals surface area contributed by atoms with Crippen LogP contribution in [0.4, 0.5) is 0 Å². The van der Waals surface area contributed by atoms with E-state index in [-0.39, 0.29) is 41.6 Å². The molecule has 6 heteroatoms. The summed E-state index contributed by atoms with van der Waals surface area (Å²) in [4.78, 5) is 39.8. The number of amides is 2. The van der Waals surface area contributed by atoms with E-state index in [1.54, 1.807) is 17.0 Å². The summed E-state index contributed by atoms with van der Waals surface area (Å²) in [6, 6.07) is 6.35. The van der Waals surface area contributed by atoms with Gasteiger partial charge in [-0.25, -0.2) is 0 Å². The molecule has 2 heterocycles. The van der Waals surface area contributed by atoms with Gasteiger partial charge in [0.15, 0.2) is 5.78 Å². The van der Waals surface area contributed by atoms with Gasteiger partial charge >= 0.3 is 0 Å². The average Bonchev–Trinajstić information content (AvgIpc) is 3.23. The number of nitrogens with zero attached hydrogens (tertiary/aromatic N) is 1. The van der Waals surface area contributed by atoms with E-state index in [2.05, 4.69) is 26.1 Å². The van der Waals surface area contributed by atoms with Crippen molar-refractivity contribution >= 4 is 17.6 Å². The predicted octanol–water partition coefficient (Wildman–Crippen LogP) is 2.70. The number of ketones is 1. The largest absolute Gasteiger partial charge is 0.368 e. The molecule has 2 aliphatic heterocycles. The fourth-order valence-corrected chi connectivity index (χ4v) is 4.10. The molecule has 1 N–H and O–H groups in total. The van der Waals surface area contributed by atoms with E-state index in [9.17, 15) is 14.4 Å². The van der Waals surface area contributed by atoms with Gasteiger partial charge in [-0.3, -0.25) is 14.4 Å². The SMILES string of the molecule is CC(C)C[C@H](NC(=O)c1ccc(C(C)(C)C)cc1)C(=O)N1CCC2OCC(=O)C21. The first-order valence-corrected chi connectivity index (χ1v) is 10.4. The van der Waals surface area contributed by atoms with Gasteiger partial charge < -0.3 is 15.0 Å². The minimum atomic E-state index is -0.656. The Morgan fingerprint density at radius 3 is 2.45 bits per heavy atom. The van der Waals surface area contributed by atoms with Crippen LogP contribution in [0, 0.1) is 5.92 Å². The summed E-state index contributed by atoms with van der Waals surface area (Å²) in [6.07, 6.45) is 0.985. The Labute approximate surface area is 173 Å². The van der Waals surface area contributed by atoms with Crippen molar-refractivity contribution in [2.75, 3.05) is 13.2 Å². The van der Waals surface area contributed by atoms with E-state index in [1.807, 2.05) is 26.0 Å². The Balaban J connectivity index is 1.74. The second-order valence-corrected chi connectivity index (χ2v) is 9.56. The van der Waals surface area contributed by atoms with Crippen molar-refractivity contribution in [1.29, 1.82) is 0 Å². The summed E-state index contributed by atoms with van der Waals surface area (Å²) in [6.45, 7) is 11.0. The van der Waals surface area contributed by atoms with Crippen molar-refractivity contribution in [1.82, 2.24) is 10.2 Å². The van der Waals surface area contributed by atoms with Gasteiger partial charge in [0, 0.05) is 12.1 Å². The van der Waals surface area contributed by atoms with E-state index in [4.69, 9.17) is 4.74 Å². The second-order valence-electron chi connectivity index (χ2n) is 9.56. The van der Waals surface area contributed by atoms with Crippen LogP contribution in [0.2, 0.25) is 0 Å². The molecule has 2 aliphatic rings. The van der Waals surface area contributed by atoms with Crippen LogP contribution in [0.5, 0.6) is 0 Å². The van der Waals surface area contributed by atoms with Crippen LogP contribution < -0.4 is 5.32 Å². The normalized spacial score (nSPS) is 22.7. The van der Waals surface area contributed by atoms with Crippen LogP contribution in [-0.2, 0) is 19.7 Å². The van der Waals surface area contributed by atoms with Crippen LogP contribution in [0.3, 0.4) is 0 Å². The first-order valence-electron chi connectivity index (χ1n) is 10.4. The molecule has 0 bridgehead atoms. The van der Waals surface area contributed by atoms with Gasteiger partial charge in [0.1, 0.15) is 18.7 Å². The fraction of sp³-hybridized carbons (Fsp3) is 0.609. The number of hydrogen-bond donors (Lipinski definition) is 1. The molecular weight excluding hydrogens is 368 g/mol. The van der Waals surface area contributed by atoms with E-state index in [0.29, 0.717) is 24.9 Å². The van der Waals surface area contributed by atoms with Crippen LogP contribution >= 0.6 is 0 Å². The molecule has 3 rings (SSSR count). The molecule has 0 spiro atoms. The Morgan fingerprint density at radius 1 is 1.21 bits per heavy atom. The third kappa shape index (κ3) is 4.69. The molecule has 1 aromatic rings. The highest BCUT2D eigenvalue weighted by atomic mass is 16.5. The monoisotopic (exact) mass is 400 g/mol. The Hall–Kier alpha value is -2.21. The molecule has 2 fully saturated rings. The van der Waals surface area contributed by atoms with Crippen molar-refractivity contribution in [3.63, 3.8) is 0 Å². The maximum atomic E-state index is 13.2. The molecule has 0 aliphatic carbocycles. The first kappa shape index (κ1) is 21.5. The maximum absolute atomic E-state index is 13.2. The molecular formula is C23H32N2O4. The average molecular weight is 401 g/mol. The predicted molar refractivity (Wildman–Crippen MR) is 111 cm³/mol. The zero-order valence-electron chi connectivity index (χ0n) is 18.0. The molecule has 0 aromatic heterocycles. The lowest BCUT2D eigenvalue weighted by molar-refractivity contribution is -0.138. The Morgan fingerprint density at radius 2 is 1.86 bits per heavy atom. The van der Waals surface area contributed by atoms with Gasteiger partial charge in [-0.1, -0.05) is 46.8 Å². The summed E-state index contributed by atoms with van der Waals surface area (Å²) in [5.74, 6) is -0.284. The smallest absolute Gasteiger partial charge is 0.251 e. The molecule has 2 amide bonds. The van der Waals surface area contributed by atoms with E-state index in [1.165, 1.54) is 0 Å². The lowest BCUT2D eigenvalue weighted by atomic mass is 9.86. The number of Topliss-reactive ketones (excluding diaryl/α,β-unsaturated/α-hetero) is 1. The second kappa shape index (κ2) is 8.27. The van der Waals surface area contributed by atoms with Crippen molar-refractivity contribution in [2.24, 2.45) is 5.92 Å². The van der Waals surface area contributed by atoms with Crippen LogP contribution in [-0.4, -0.2) is 53.8 Å². The van der Waals surface area contributed by atoms with Crippen molar-refractivity contribution < 1.29 is 19.1 Å². The summed E-state index contributed by atoms with van der Waals surface area (Å²) in [7, 11) is 0. The molecule has 0 radical (unpaired) electrons. The highest BCUT2D eigenvalue weighted by molar-refractivity contribution is 5.99. The van der Waals surface area contributed by atoms with Gasteiger partial charge in [0.05, 0.1) is 6.10 Å². The molecule has 6 nitrogen and oxygen atoms in total. The number of fused-ring (bicyclic) bond motifs is 1. The quantitative estimate of drug-likeness (QED) is 0.825. The highest BCUT2D eigenvalue weighted by Gasteiger charge is 2.48. The Kier molecular flexibility index (Phi) is 6.13. The summed E-state index contributed by atoms with van der Waals surface area (Å²) in [5, 5.41) is 2.91. The minimum absolute atomic E-state index is 0.00728. The summed E-state index contributed by atoms with van der Waals surface area (Å²) >= 11 is 0. The van der Waals surface area contributed by atoms with Crippen molar-refractivity contribution in [3.05, 3.63) is 35.4 Å². The number of ether oxygens (including phenoxy) is 1. The standard InChI is InChI=1S/C23H32N2O4/c1-14(2)12-17(22(28)25-11-10-19-20(25)18(26)13-29-19)24-21(27)15-6-8-16(9-7-15)23(3,4)5/h6-9,14,17,19-20H,10-13H2,1-5H3,(H,24,27)/t17-,19?,20?/m0/s1. The van der Waals surface area contributed by atoms with Crippen LogP contribution in [0.25, 0.3) is 0 Å². The van der Waals surface area contributed by atoms with Gasteiger partial charge in [-0.15, -0.1) is 0 Å². The topological polar surface area (TPSA) is 75.7 Å². The number of carbonyl (C=O) groups excluding carboxylic acids is 3. The van der Waals surface area contributed by atoms with E-state index in [0.717, 1.165) is 5.56 Å². The fourth-order valence-electron chi connectivity index (χ4n) is 4.10. The van der Waals surface area contributed by atoms with Gasteiger partial charge in [-0.2, -0.15) is 0 Å². The third-order valence-electron chi connectivity index (χ3n) is 5.72. The van der Waals surface area contributed by atoms with Crippen LogP contribution in [0.15, 0.2) is 24.3 Å². The number of likely N-dealkylation sites (tertiary alicyclic amines) is 1. The highest BCUT2D eigenvalue weighted by Crippen LogP contribution is 2.28. The lowest BCUT2D eigenvalue weighted by Gasteiger charge is -2.28. The summed E-state index contributed by atoms with van der Waals surface area (Å²) in [5.41, 5.74) is 1.68. The number of nitrogens with one attached hydrogen (secondary N) is 1. The third-order valence-corrected chi connectivity index (χ3v) is 5.72. The number of rotatable bonds is 5. The van der Waals surface area contributed by atoms with Gasteiger partial charge in [0.25, 0.3) is 5.91 Å². The number of benzene rings is 1. The molecule has 2 unspecified atom stereocenters. The maximum Gasteiger partial charge on any atom is 0.251 e. The molecule has 158 valence electrons. The molecule has 29 heavy (non-hydrogen) atoms. The van der Waals surface area contributed by atoms with Gasteiger partial charge in [-0.05, 0) is 41.9 Å². The lowest BCUT2D eigenvalue weighted by Crippen LogP contribution is -2.52. The molecule has 2 saturated heterocycles. The van der Waals surface area contributed by atoms with Gasteiger partial charge in [0.2, 0.25) is 5.91 Å². The molecule has 0 saturated carbocycles. The number of hydrogen-bond acceptors (Lipinski definition) is 4. The zero-order valence-corrected chi connectivity index (χ0v) is 18.0. The zero-order chi connectivity index (χ0) is 21.3. The molecule has 3 atom stereocenters. The molecule has 1 aromatic carbocycles. The number of carbonyl (C=O) groups is 3. The van der Waals surface area contributed by atoms with Crippen molar-refractivity contribution in [2.45, 2.75) is 71.1 Å².